The van der Waals surface area contributed by atoms with Gasteiger partial charge >= 0.3 is 0 Å². The van der Waals surface area contributed by atoms with E-state index in [4.69, 9.17) is 9.47 Å². The van der Waals surface area contributed by atoms with Gasteiger partial charge in [-0.05, 0) is 30.0 Å². The molecule has 0 fully saturated rings. The summed E-state index contributed by atoms with van der Waals surface area (Å²) in [5.74, 6) is 1.21. The monoisotopic (exact) mass is 363 g/mol. The molecule has 0 saturated carbocycles. The maximum Gasteiger partial charge on any atom is 0.241 e. The van der Waals surface area contributed by atoms with Crippen LogP contribution in [0.5, 0.6) is 11.5 Å². The molecule has 0 amide bonds. The van der Waals surface area contributed by atoms with E-state index in [1.165, 1.54) is 26.4 Å². The van der Waals surface area contributed by atoms with Crippen molar-refractivity contribution in [3.63, 3.8) is 0 Å². The lowest BCUT2D eigenvalue weighted by molar-refractivity contribution is 0.354. The fourth-order valence-electron chi connectivity index (χ4n) is 2.65. The Morgan fingerprint density at radius 1 is 0.960 bits per heavy atom. The minimum Gasteiger partial charge on any atom is -0.493 e. The van der Waals surface area contributed by atoms with Gasteiger partial charge in [0.25, 0.3) is 0 Å². The predicted molar refractivity (Wildman–Crippen MR) is 98.5 cm³/mol. The molecule has 2 aromatic rings. The van der Waals surface area contributed by atoms with Crippen LogP contribution in [-0.4, -0.2) is 22.6 Å². The van der Waals surface area contributed by atoms with Gasteiger partial charge in [0.2, 0.25) is 10.0 Å². The molecule has 25 heavy (non-hydrogen) atoms. The van der Waals surface area contributed by atoms with Crippen molar-refractivity contribution in [3.8, 4) is 11.5 Å². The van der Waals surface area contributed by atoms with Crippen LogP contribution in [0, 0.1) is 5.92 Å². The van der Waals surface area contributed by atoms with Gasteiger partial charge in [0.1, 0.15) is 0 Å². The summed E-state index contributed by atoms with van der Waals surface area (Å²) < 4.78 is 38.9. The Morgan fingerprint density at radius 2 is 1.60 bits per heavy atom. The number of benzene rings is 2. The van der Waals surface area contributed by atoms with Crippen LogP contribution in [0.25, 0.3) is 0 Å². The number of nitrogens with one attached hydrogen (secondary N) is 1. The minimum absolute atomic E-state index is 0.148. The van der Waals surface area contributed by atoms with Crippen molar-refractivity contribution in [2.75, 3.05) is 14.2 Å². The summed E-state index contributed by atoms with van der Waals surface area (Å²) in [6.07, 6.45) is 0.705. The molecular formula is C19H25NO4S. The van der Waals surface area contributed by atoms with Gasteiger partial charge in [0.15, 0.2) is 11.5 Å². The van der Waals surface area contributed by atoms with Gasteiger partial charge in [-0.25, -0.2) is 13.1 Å². The quantitative estimate of drug-likeness (QED) is 0.775. The molecule has 2 aromatic carbocycles. The highest BCUT2D eigenvalue weighted by atomic mass is 32.2. The lowest BCUT2D eigenvalue weighted by Crippen LogP contribution is -2.29. The molecule has 2 rings (SSSR count). The van der Waals surface area contributed by atoms with Crippen LogP contribution in [0.4, 0.5) is 0 Å². The first kappa shape index (κ1) is 19.3. The number of hydrogen-bond acceptors (Lipinski definition) is 4. The summed E-state index contributed by atoms with van der Waals surface area (Å²) in [6.45, 7) is 4.14. The van der Waals surface area contributed by atoms with E-state index in [2.05, 4.69) is 18.6 Å². The number of methoxy groups -OCH3 is 2. The predicted octanol–water partition coefficient (Wildman–Crippen LogP) is 3.77. The first-order chi connectivity index (χ1) is 11.9. The summed E-state index contributed by atoms with van der Waals surface area (Å²) in [5, 5.41) is 0. The molecule has 0 spiro atoms. The smallest absolute Gasteiger partial charge is 0.241 e. The molecule has 136 valence electrons. The molecule has 0 radical (unpaired) electrons. The van der Waals surface area contributed by atoms with Crippen molar-refractivity contribution in [1.29, 1.82) is 0 Å². The normalized spacial score (nSPS) is 12.8. The van der Waals surface area contributed by atoms with Crippen molar-refractivity contribution < 1.29 is 17.9 Å². The SMILES string of the molecule is COc1ccc(S(=O)(=O)NC(CC(C)C)c2ccccc2)cc1OC. The third-order valence-electron chi connectivity index (χ3n) is 3.87. The van der Waals surface area contributed by atoms with Crippen molar-refractivity contribution in [2.45, 2.75) is 31.2 Å². The van der Waals surface area contributed by atoms with Crippen LogP contribution < -0.4 is 14.2 Å². The Bertz CT molecular complexity index is 788. The molecule has 0 aliphatic rings. The Labute approximate surface area is 150 Å². The Kier molecular flexibility index (Phi) is 6.45. The molecule has 0 heterocycles. The van der Waals surface area contributed by atoms with Crippen LogP contribution >= 0.6 is 0 Å². The Morgan fingerprint density at radius 3 is 2.16 bits per heavy atom. The number of ether oxygens (including phenoxy) is 2. The van der Waals surface area contributed by atoms with Gasteiger partial charge in [-0.3, -0.25) is 0 Å². The third-order valence-corrected chi connectivity index (χ3v) is 5.34. The zero-order chi connectivity index (χ0) is 18.4. The molecule has 5 nitrogen and oxygen atoms in total. The van der Waals surface area contributed by atoms with E-state index >= 15 is 0 Å². The lowest BCUT2D eigenvalue weighted by atomic mass is 9.98. The largest absolute Gasteiger partial charge is 0.493 e. The average Bonchev–Trinajstić information content (AvgIpc) is 2.60. The first-order valence-corrected chi connectivity index (χ1v) is 9.65. The van der Waals surface area contributed by atoms with Gasteiger partial charge in [0.05, 0.1) is 19.1 Å². The highest BCUT2D eigenvalue weighted by molar-refractivity contribution is 7.89. The summed E-state index contributed by atoms with van der Waals surface area (Å²) in [6, 6.07) is 13.9. The van der Waals surface area contributed by atoms with Gasteiger partial charge in [-0.2, -0.15) is 0 Å². The fraction of sp³-hybridized carbons (Fsp3) is 0.368. The van der Waals surface area contributed by atoms with Gasteiger partial charge in [-0.15, -0.1) is 0 Å². The van der Waals surface area contributed by atoms with E-state index < -0.39 is 10.0 Å². The van der Waals surface area contributed by atoms with Crippen LogP contribution in [0.15, 0.2) is 53.4 Å². The number of rotatable bonds is 8. The standard InChI is InChI=1S/C19H25NO4S/c1-14(2)12-17(15-8-6-5-7-9-15)20-25(21,22)16-10-11-18(23-3)19(13-16)24-4/h5-11,13-14,17,20H,12H2,1-4H3. The maximum absolute atomic E-state index is 12.9. The Hall–Kier alpha value is -2.05. The number of hydrogen-bond donors (Lipinski definition) is 1. The summed E-state index contributed by atoms with van der Waals surface area (Å²) in [5.41, 5.74) is 0.945. The van der Waals surface area contributed by atoms with Gasteiger partial charge < -0.3 is 9.47 Å². The molecular weight excluding hydrogens is 338 g/mol. The molecule has 0 aliphatic carbocycles. The van der Waals surface area contributed by atoms with Crippen molar-refractivity contribution in [3.05, 3.63) is 54.1 Å². The zero-order valence-electron chi connectivity index (χ0n) is 15.0. The van der Waals surface area contributed by atoms with E-state index in [1.54, 1.807) is 6.07 Å². The molecule has 1 unspecified atom stereocenters. The molecule has 6 heteroatoms. The first-order valence-electron chi connectivity index (χ1n) is 8.16. The van der Waals surface area contributed by atoms with E-state index in [-0.39, 0.29) is 10.9 Å². The number of sulfonamides is 1. The van der Waals surface area contributed by atoms with Crippen LogP contribution in [0.2, 0.25) is 0 Å². The summed E-state index contributed by atoms with van der Waals surface area (Å²) >= 11 is 0. The lowest BCUT2D eigenvalue weighted by Gasteiger charge is -2.21. The van der Waals surface area contributed by atoms with Crippen LogP contribution in [0.1, 0.15) is 31.9 Å². The Balaban J connectivity index is 2.34. The highest BCUT2D eigenvalue weighted by Gasteiger charge is 2.23. The maximum atomic E-state index is 12.9. The second-order valence-electron chi connectivity index (χ2n) is 6.23. The molecule has 1 N–H and O–H groups in total. The average molecular weight is 363 g/mol. The topological polar surface area (TPSA) is 64.6 Å². The van der Waals surface area contributed by atoms with E-state index in [9.17, 15) is 8.42 Å². The summed E-state index contributed by atoms with van der Waals surface area (Å²) in [4.78, 5) is 0.148. The third kappa shape index (κ3) is 4.96. The van der Waals surface area contributed by atoms with E-state index in [0.717, 1.165) is 5.56 Å². The highest BCUT2D eigenvalue weighted by Crippen LogP contribution is 2.30. The van der Waals surface area contributed by atoms with Gasteiger partial charge in [-0.1, -0.05) is 44.2 Å². The molecule has 0 aliphatic heterocycles. The molecule has 1 atom stereocenters. The summed E-state index contributed by atoms with van der Waals surface area (Å²) in [7, 11) is -0.705. The van der Waals surface area contributed by atoms with E-state index in [0.29, 0.717) is 23.8 Å². The van der Waals surface area contributed by atoms with Gasteiger partial charge in [0, 0.05) is 12.1 Å². The van der Waals surface area contributed by atoms with E-state index in [1.807, 2.05) is 30.3 Å². The van der Waals surface area contributed by atoms with Crippen LogP contribution in [-0.2, 0) is 10.0 Å². The second-order valence-corrected chi connectivity index (χ2v) is 7.94. The fourth-order valence-corrected chi connectivity index (χ4v) is 3.90. The second kappa shape index (κ2) is 8.36. The zero-order valence-corrected chi connectivity index (χ0v) is 15.8. The van der Waals surface area contributed by atoms with Crippen molar-refractivity contribution in [1.82, 2.24) is 4.72 Å². The van der Waals surface area contributed by atoms with Crippen molar-refractivity contribution in [2.24, 2.45) is 5.92 Å². The van der Waals surface area contributed by atoms with Crippen LogP contribution in [0.3, 0.4) is 0 Å². The van der Waals surface area contributed by atoms with Crippen molar-refractivity contribution >= 4 is 10.0 Å². The molecule has 0 bridgehead atoms. The minimum atomic E-state index is -3.70. The molecule has 0 saturated heterocycles. The molecule has 0 aromatic heterocycles.